The molecule has 0 amide bonds. The van der Waals surface area contributed by atoms with Gasteiger partial charge in [0.1, 0.15) is 5.60 Å². The molecule has 0 unspecified atom stereocenters. The van der Waals surface area contributed by atoms with Gasteiger partial charge in [0.2, 0.25) is 0 Å². The molecule has 0 aliphatic rings. The lowest BCUT2D eigenvalue weighted by molar-refractivity contribution is -0.146. The largest absolute Gasteiger partial charge is 0.461 e. The second-order valence-electron chi connectivity index (χ2n) is 3.65. The maximum absolute atomic E-state index is 10.4. The van der Waals surface area contributed by atoms with Crippen molar-refractivity contribution in [1.29, 1.82) is 0 Å². The topological polar surface area (TPSA) is 26.3 Å². The molecule has 0 aromatic carbocycles. The Morgan fingerprint density at radius 1 is 1.00 bits per heavy atom. The molecule has 0 aromatic heterocycles. The molecular formula is C11H22O2. The Morgan fingerprint density at radius 3 is 1.62 bits per heavy atom. The molecule has 2 nitrogen and oxygen atoms in total. The molecule has 0 atom stereocenters. The third kappa shape index (κ3) is 4.30. The van der Waals surface area contributed by atoms with Crippen LogP contribution in [0.4, 0.5) is 0 Å². The van der Waals surface area contributed by atoms with Gasteiger partial charge in [-0.2, -0.15) is 0 Å². The Labute approximate surface area is 81.7 Å². The van der Waals surface area contributed by atoms with Crippen molar-refractivity contribution in [3.63, 3.8) is 0 Å². The molecule has 0 saturated carbocycles. The summed E-state index contributed by atoms with van der Waals surface area (Å²) in [5.41, 5.74) is -0.167. The molecule has 78 valence electrons. The summed E-state index contributed by atoms with van der Waals surface area (Å²) in [4.78, 5) is 10.4. The van der Waals surface area contributed by atoms with Crippen molar-refractivity contribution in [1.82, 2.24) is 0 Å². The maximum atomic E-state index is 10.4. The van der Waals surface area contributed by atoms with Crippen LogP contribution in [0.1, 0.15) is 59.3 Å². The second kappa shape index (κ2) is 6.93. The van der Waals surface area contributed by atoms with Gasteiger partial charge in [-0.15, -0.1) is 0 Å². The van der Waals surface area contributed by atoms with Crippen LogP contribution in [0.15, 0.2) is 0 Å². The van der Waals surface area contributed by atoms with Gasteiger partial charge < -0.3 is 4.74 Å². The van der Waals surface area contributed by atoms with E-state index in [9.17, 15) is 4.79 Å². The number of carbonyl (C=O) groups is 1. The lowest BCUT2D eigenvalue weighted by atomic mass is 9.88. The number of hydrogen-bond acceptors (Lipinski definition) is 2. The summed E-state index contributed by atoms with van der Waals surface area (Å²) in [5, 5.41) is 0. The minimum absolute atomic E-state index is 0.167. The Morgan fingerprint density at radius 2 is 1.38 bits per heavy atom. The van der Waals surface area contributed by atoms with E-state index in [0.717, 1.165) is 38.5 Å². The van der Waals surface area contributed by atoms with Crippen molar-refractivity contribution in [3.8, 4) is 0 Å². The molecule has 0 fully saturated rings. The highest BCUT2D eigenvalue weighted by molar-refractivity contribution is 5.38. The van der Waals surface area contributed by atoms with Crippen molar-refractivity contribution in [3.05, 3.63) is 0 Å². The molecule has 0 aromatic rings. The summed E-state index contributed by atoms with van der Waals surface area (Å²) in [6.45, 7) is 7.01. The molecule has 0 aliphatic heterocycles. The van der Waals surface area contributed by atoms with Gasteiger partial charge in [-0.3, -0.25) is 4.79 Å². The molecule has 0 N–H and O–H groups in total. The van der Waals surface area contributed by atoms with Crippen molar-refractivity contribution in [2.75, 3.05) is 0 Å². The van der Waals surface area contributed by atoms with Crippen LogP contribution in [0.5, 0.6) is 0 Å². The fraction of sp³-hybridized carbons (Fsp3) is 0.909. The predicted octanol–water partition coefficient (Wildman–Crippen LogP) is 3.30. The molecule has 0 spiro atoms. The zero-order valence-corrected chi connectivity index (χ0v) is 9.14. The highest BCUT2D eigenvalue weighted by Crippen LogP contribution is 2.28. The molecule has 2 heteroatoms. The molecule has 0 radical (unpaired) electrons. The maximum Gasteiger partial charge on any atom is 0.293 e. The third-order valence-electron chi connectivity index (χ3n) is 2.41. The molecule has 13 heavy (non-hydrogen) atoms. The molecule has 0 saturated heterocycles. The zero-order chi connectivity index (χ0) is 10.2. The van der Waals surface area contributed by atoms with E-state index >= 15 is 0 Å². The van der Waals surface area contributed by atoms with E-state index in [-0.39, 0.29) is 5.60 Å². The van der Waals surface area contributed by atoms with Gasteiger partial charge in [0.05, 0.1) is 0 Å². The first-order valence-corrected chi connectivity index (χ1v) is 5.36. The van der Waals surface area contributed by atoms with Gasteiger partial charge in [-0.1, -0.05) is 40.0 Å². The highest BCUT2D eigenvalue weighted by atomic mass is 16.5. The van der Waals surface area contributed by atoms with Crippen molar-refractivity contribution in [2.24, 2.45) is 0 Å². The summed E-state index contributed by atoms with van der Waals surface area (Å²) in [6, 6.07) is 0. The first-order chi connectivity index (χ1) is 6.24. The van der Waals surface area contributed by atoms with Crippen LogP contribution >= 0.6 is 0 Å². The lowest BCUT2D eigenvalue weighted by Gasteiger charge is -2.31. The average Bonchev–Trinajstić information content (AvgIpc) is 2.06. The van der Waals surface area contributed by atoms with Gasteiger partial charge in [0.15, 0.2) is 0 Å². The number of carbonyl (C=O) groups excluding carboxylic acids is 1. The summed E-state index contributed by atoms with van der Waals surface area (Å²) >= 11 is 0. The number of hydrogen-bond donors (Lipinski definition) is 0. The average molecular weight is 186 g/mol. The predicted molar refractivity (Wildman–Crippen MR) is 54.6 cm³/mol. The summed E-state index contributed by atoms with van der Waals surface area (Å²) < 4.78 is 5.27. The van der Waals surface area contributed by atoms with E-state index in [1.165, 1.54) is 0 Å². The highest BCUT2D eigenvalue weighted by Gasteiger charge is 2.28. The van der Waals surface area contributed by atoms with Gasteiger partial charge in [0.25, 0.3) is 6.47 Å². The Kier molecular flexibility index (Phi) is 6.65. The van der Waals surface area contributed by atoms with Crippen molar-refractivity contribution < 1.29 is 9.53 Å². The fourth-order valence-electron chi connectivity index (χ4n) is 2.02. The Balaban J connectivity index is 4.27. The first kappa shape index (κ1) is 12.5. The van der Waals surface area contributed by atoms with E-state index < -0.39 is 0 Å². The molecule has 0 bridgehead atoms. The minimum atomic E-state index is -0.167. The molecule has 0 heterocycles. The van der Waals surface area contributed by atoms with Crippen LogP contribution in [-0.4, -0.2) is 12.1 Å². The zero-order valence-electron chi connectivity index (χ0n) is 9.14. The van der Waals surface area contributed by atoms with Crippen molar-refractivity contribution in [2.45, 2.75) is 64.9 Å². The van der Waals surface area contributed by atoms with Crippen LogP contribution < -0.4 is 0 Å². The smallest absolute Gasteiger partial charge is 0.293 e. The molecule has 0 rings (SSSR count). The third-order valence-corrected chi connectivity index (χ3v) is 2.41. The Hall–Kier alpha value is -0.530. The Bertz CT molecular complexity index is 115. The second-order valence-corrected chi connectivity index (χ2v) is 3.65. The van der Waals surface area contributed by atoms with E-state index in [0.29, 0.717) is 6.47 Å². The quantitative estimate of drug-likeness (QED) is 0.544. The van der Waals surface area contributed by atoms with Crippen LogP contribution in [0.25, 0.3) is 0 Å². The first-order valence-electron chi connectivity index (χ1n) is 5.36. The van der Waals surface area contributed by atoms with Crippen LogP contribution in [0.2, 0.25) is 0 Å². The van der Waals surface area contributed by atoms with Crippen LogP contribution in [0, 0.1) is 0 Å². The van der Waals surface area contributed by atoms with Gasteiger partial charge >= 0.3 is 0 Å². The van der Waals surface area contributed by atoms with Gasteiger partial charge in [-0.25, -0.2) is 0 Å². The summed E-state index contributed by atoms with van der Waals surface area (Å²) in [5.74, 6) is 0. The van der Waals surface area contributed by atoms with E-state index in [4.69, 9.17) is 4.74 Å². The number of ether oxygens (including phenoxy) is 1. The lowest BCUT2D eigenvalue weighted by Crippen LogP contribution is -2.31. The summed E-state index contributed by atoms with van der Waals surface area (Å²) in [7, 11) is 0. The molecule has 0 aliphatic carbocycles. The number of rotatable bonds is 8. The minimum Gasteiger partial charge on any atom is -0.461 e. The van der Waals surface area contributed by atoms with Crippen LogP contribution in [-0.2, 0) is 9.53 Å². The molecular weight excluding hydrogens is 164 g/mol. The fourth-order valence-corrected chi connectivity index (χ4v) is 2.02. The van der Waals surface area contributed by atoms with Gasteiger partial charge in [-0.05, 0) is 19.3 Å². The standard InChI is InChI=1S/C11H22O2/c1-4-7-11(8-5-2,9-6-3)13-10-12/h10H,4-9H2,1-3H3. The van der Waals surface area contributed by atoms with E-state index in [1.807, 2.05) is 0 Å². The van der Waals surface area contributed by atoms with E-state index in [1.54, 1.807) is 0 Å². The SMILES string of the molecule is CCCC(CCC)(CCC)OC=O. The normalized spacial score (nSPS) is 11.3. The van der Waals surface area contributed by atoms with Crippen LogP contribution in [0.3, 0.4) is 0 Å². The van der Waals surface area contributed by atoms with Gasteiger partial charge in [0, 0.05) is 0 Å². The van der Waals surface area contributed by atoms with E-state index in [2.05, 4.69) is 20.8 Å². The monoisotopic (exact) mass is 186 g/mol. The van der Waals surface area contributed by atoms with Crippen molar-refractivity contribution >= 4 is 6.47 Å². The summed E-state index contributed by atoms with van der Waals surface area (Å²) in [6.07, 6.45) is 6.21.